The zero-order valence-corrected chi connectivity index (χ0v) is 16.2. The van der Waals surface area contributed by atoms with Crippen molar-refractivity contribution in [2.75, 3.05) is 11.9 Å². The number of likely N-dealkylation sites (tertiary alicyclic amines) is 1. The van der Waals surface area contributed by atoms with Crippen LogP contribution in [0.5, 0.6) is 0 Å². The molecule has 0 radical (unpaired) electrons. The van der Waals surface area contributed by atoms with E-state index in [0.717, 1.165) is 31.6 Å². The van der Waals surface area contributed by atoms with Crippen LogP contribution in [0.15, 0.2) is 18.2 Å². The average molecular weight is 395 g/mol. The summed E-state index contributed by atoms with van der Waals surface area (Å²) >= 11 is 12.0. The molecule has 2 bridgehead atoms. The molecular formula is C20H24Cl2N2O2. The fraction of sp³-hybridized carbons (Fsp3) is 0.600. The first kappa shape index (κ1) is 18.1. The summed E-state index contributed by atoms with van der Waals surface area (Å²) in [6.45, 7) is 0.687. The standard InChI is InChI=1S/C20H24Cl2N2O2/c21-16-7-6-14(11-17(16)22)23-19(25)18-3-1-2-8-24(18)20(26)15-10-12-4-5-13(15)9-12/h6-7,11-13,15,18H,1-5,8-10H2,(H,23,25). The molecule has 1 aromatic rings. The van der Waals surface area contributed by atoms with E-state index in [1.54, 1.807) is 18.2 Å². The van der Waals surface area contributed by atoms with E-state index in [1.165, 1.54) is 19.3 Å². The summed E-state index contributed by atoms with van der Waals surface area (Å²) in [7, 11) is 0. The van der Waals surface area contributed by atoms with Crippen LogP contribution in [0.1, 0.15) is 44.9 Å². The lowest BCUT2D eigenvalue weighted by atomic mass is 9.86. The van der Waals surface area contributed by atoms with Gasteiger partial charge in [-0.3, -0.25) is 9.59 Å². The molecule has 0 aromatic heterocycles. The lowest BCUT2D eigenvalue weighted by Crippen LogP contribution is -2.52. The number of fused-ring (bicyclic) bond motifs is 2. The largest absolute Gasteiger partial charge is 0.330 e. The van der Waals surface area contributed by atoms with Gasteiger partial charge in [0.1, 0.15) is 6.04 Å². The molecule has 1 saturated heterocycles. The van der Waals surface area contributed by atoms with Crippen LogP contribution in [-0.4, -0.2) is 29.3 Å². The Morgan fingerprint density at radius 3 is 2.58 bits per heavy atom. The molecule has 1 aromatic carbocycles. The number of carbonyl (C=O) groups excluding carboxylic acids is 2. The van der Waals surface area contributed by atoms with Gasteiger partial charge in [0.15, 0.2) is 0 Å². The van der Waals surface area contributed by atoms with Gasteiger partial charge in [0.05, 0.1) is 10.0 Å². The Morgan fingerprint density at radius 2 is 1.88 bits per heavy atom. The van der Waals surface area contributed by atoms with Crippen LogP contribution >= 0.6 is 23.2 Å². The fourth-order valence-corrected chi connectivity index (χ4v) is 5.33. The highest BCUT2D eigenvalue weighted by atomic mass is 35.5. The highest BCUT2D eigenvalue weighted by Crippen LogP contribution is 2.49. The summed E-state index contributed by atoms with van der Waals surface area (Å²) in [5.74, 6) is 1.47. The summed E-state index contributed by atoms with van der Waals surface area (Å²) < 4.78 is 0. The van der Waals surface area contributed by atoms with Crippen molar-refractivity contribution >= 4 is 40.7 Å². The molecule has 26 heavy (non-hydrogen) atoms. The second-order valence-electron chi connectivity index (χ2n) is 7.94. The summed E-state index contributed by atoms with van der Waals surface area (Å²) in [5, 5.41) is 3.77. The number of nitrogens with one attached hydrogen (secondary N) is 1. The zero-order chi connectivity index (χ0) is 18.3. The normalized spacial score (nSPS) is 30.5. The Kier molecular flexibility index (Phi) is 5.15. The van der Waals surface area contributed by atoms with Crippen molar-refractivity contribution in [1.29, 1.82) is 0 Å². The summed E-state index contributed by atoms with van der Waals surface area (Å²) in [6.07, 6.45) is 7.33. The lowest BCUT2D eigenvalue weighted by Gasteiger charge is -2.37. The van der Waals surface area contributed by atoms with Crippen LogP contribution in [0.2, 0.25) is 10.0 Å². The molecule has 6 heteroatoms. The molecule has 2 saturated carbocycles. The molecule has 4 nitrogen and oxygen atoms in total. The van der Waals surface area contributed by atoms with Gasteiger partial charge >= 0.3 is 0 Å². The second-order valence-corrected chi connectivity index (χ2v) is 8.76. The molecule has 3 fully saturated rings. The van der Waals surface area contributed by atoms with Gasteiger partial charge in [-0.1, -0.05) is 29.6 Å². The SMILES string of the molecule is O=C(Nc1ccc(Cl)c(Cl)c1)C1CCCCN1C(=O)C1CC2CCC1C2. The predicted octanol–water partition coefficient (Wildman–Crippen LogP) is 4.75. The van der Waals surface area contributed by atoms with Gasteiger partial charge in [-0.05, 0) is 68.6 Å². The van der Waals surface area contributed by atoms with Crippen molar-refractivity contribution in [3.8, 4) is 0 Å². The number of hydrogen-bond donors (Lipinski definition) is 1. The Hall–Kier alpha value is -1.26. The maximum atomic E-state index is 13.2. The first-order chi connectivity index (χ1) is 12.5. The molecule has 4 atom stereocenters. The van der Waals surface area contributed by atoms with E-state index >= 15 is 0 Å². The lowest BCUT2D eigenvalue weighted by molar-refractivity contribution is -0.145. The number of amides is 2. The van der Waals surface area contributed by atoms with Gasteiger partial charge in [-0.25, -0.2) is 0 Å². The van der Waals surface area contributed by atoms with E-state index in [-0.39, 0.29) is 23.8 Å². The van der Waals surface area contributed by atoms with Crippen molar-refractivity contribution in [2.24, 2.45) is 17.8 Å². The van der Waals surface area contributed by atoms with Gasteiger partial charge in [0.25, 0.3) is 0 Å². The van der Waals surface area contributed by atoms with E-state index in [0.29, 0.717) is 28.2 Å². The molecule has 0 spiro atoms. The van der Waals surface area contributed by atoms with Crippen LogP contribution in [0, 0.1) is 17.8 Å². The number of hydrogen-bond acceptors (Lipinski definition) is 2. The number of anilines is 1. The minimum absolute atomic E-state index is 0.125. The number of nitrogens with zero attached hydrogens (tertiary/aromatic N) is 1. The number of carbonyl (C=O) groups is 2. The van der Waals surface area contributed by atoms with E-state index in [9.17, 15) is 9.59 Å². The van der Waals surface area contributed by atoms with E-state index in [4.69, 9.17) is 23.2 Å². The van der Waals surface area contributed by atoms with Gasteiger partial charge < -0.3 is 10.2 Å². The Labute approximate surface area is 164 Å². The number of rotatable bonds is 3. The predicted molar refractivity (Wildman–Crippen MR) is 103 cm³/mol. The third kappa shape index (κ3) is 3.46. The Morgan fingerprint density at radius 1 is 1.04 bits per heavy atom. The van der Waals surface area contributed by atoms with Crippen LogP contribution in [0.25, 0.3) is 0 Å². The van der Waals surface area contributed by atoms with Crippen molar-refractivity contribution in [3.63, 3.8) is 0 Å². The van der Waals surface area contributed by atoms with E-state index in [2.05, 4.69) is 5.32 Å². The monoisotopic (exact) mass is 394 g/mol. The topological polar surface area (TPSA) is 49.4 Å². The number of benzene rings is 1. The van der Waals surface area contributed by atoms with Crippen LogP contribution in [-0.2, 0) is 9.59 Å². The average Bonchev–Trinajstić information content (AvgIpc) is 3.27. The number of piperidine rings is 1. The molecule has 1 heterocycles. The Balaban J connectivity index is 1.47. The van der Waals surface area contributed by atoms with E-state index < -0.39 is 0 Å². The Bertz CT molecular complexity index is 724. The third-order valence-electron chi connectivity index (χ3n) is 6.33. The summed E-state index contributed by atoms with van der Waals surface area (Å²) in [5.41, 5.74) is 0.613. The molecule has 2 aliphatic carbocycles. The maximum absolute atomic E-state index is 13.2. The molecule has 140 valence electrons. The zero-order valence-electron chi connectivity index (χ0n) is 14.7. The highest BCUT2D eigenvalue weighted by molar-refractivity contribution is 6.42. The minimum atomic E-state index is -0.384. The third-order valence-corrected chi connectivity index (χ3v) is 7.07. The molecule has 1 N–H and O–H groups in total. The quantitative estimate of drug-likeness (QED) is 0.803. The van der Waals surface area contributed by atoms with Gasteiger partial charge in [0, 0.05) is 18.2 Å². The number of halogens is 2. The fourth-order valence-electron chi connectivity index (χ4n) is 5.03. The van der Waals surface area contributed by atoms with Crippen molar-refractivity contribution in [3.05, 3.63) is 28.2 Å². The van der Waals surface area contributed by atoms with Gasteiger partial charge in [-0.15, -0.1) is 0 Å². The molecular weight excluding hydrogens is 371 g/mol. The highest BCUT2D eigenvalue weighted by Gasteiger charge is 2.46. The first-order valence-electron chi connectivity index (χ1n) is 9.59. The summed E-state index contributed by atoms with van der Waals surface area (Å²) in [4.78, 5) is 27.9. The molecule has 4 unspecified atom stereocenters. The van der Waals surface area contributed by atoms with Crippen LogP contribution in [0.3, 0.4) is 0 Å². The van der Waals surface area contributed by atoms with E-state index in [1.807, 2.05) is 4.90 Å². The molecule has 4 rings (SSSR count). The van der Waals surface area contributed by atoms with Crippen LogP contribution < -0.4 is 5.32 Å². The molecule has 1 aliphatic heterocycles. The molecule has 3 aliphatic rings. The smallest absolute Gasteiger partial charge is 0.247 e. The van der Waals surface area contributed by atoms with Gasteiger partial charge in [-0.2, -0.15) is 0 Å². The van der Waals surface area contributed by atoms with Crippen molar-refractivity contribution in [2.45, 2.75) is 51.0 Å². The maximum Gasteiger partial charge on any atom is 0.247 e. The minimum Gasteiger partial charge on any atom is -0.330 e. The second kappa shape index (κ2) is 7.40. The van der Waals surface area contributed by atoms with Crippen LogP contribution in [0.4, 0.5) is 5.69 Å². The summed E-state index contributed by atoms with van der Waals surface area (Å²) in [6, 6.07) is 4.66. The first-order valence-corrected chi connectivity index (χ1v) is 10.3. The molecule has 2 amide bonds. The van der Waals surface area contributed by atoms with Gasteiger partial charge in [0.2, 0.25) is 11.8 Å². The van der Waals surface area contributed by atoms with Crippen molar-refractivity contribution < 1.29 is 9.59 Å². The van der Waals surface area contributed by atoms with Crippen molar-refractivity contribution in [1.82, 2.24) is 4.90 Å².